The Bertz CT molecular complexity index is 549. The van der Waals surface area contributed by atoms with E-state index in [-0.39, 0.29) is 0 Å². The molecule has 0 radical (unpaired) electrons. The molecule has 0 aromatic heterocycles. The standard InChI is InChI=1S/C22H35NO3/c1-3-4-9-22(24)12-10-21(11-13-22)14-15-23(18-21)19-5-7-20(8-6-19)26-17-16-25-2/h5-8,24H,3-4,9-18H2,1-2H3. The smallest absolute Gasteiger partial charge is 0.119 e. The van der Waals surface area contributed by atoms with Gasteiger partial charge in [0.05, 0.1) is 12.2 Å². The molecule has 1 aliphatic heterocycles. The number of unbranched alkanes of at least 4 members (excludes halogenated alkanes) is 1. The topological polar surface area (TPSA) is 41.9 Å². The van der Waals surface area contributed by atoms with E-state index in [0.29, 0.717) is 18.6 Å². The number of hydrogen-bond acceptors (Lipinski definition) is 4. The number of rotatable bonds is 8. The number of methoxy groups -OCH3 is 1. The highest BCUT2D eigenvalue weighted by Gasteiger charge is 2.45. The van der Waals surface area contributed by atoms with Crippen LogP contribution in [0.2, 0.25) is 0 Å². The Morgan fingerprint density at radius 1 is 1.04 bits per heavy atom. The molecule has 1 aromatic rings. The van der Waals surface area contributed by atoms with Crippen LogP contribution >= 0.6 is 0 Å². The lowest BCUT2D eigenvalue weighted by Gasteiger charge is -2.42. The van der Waals surface area contributed by atoms with Crippen molar-refractivity contribution in [2.24, 2.45) is 5.41 Å². The average molecular weight is 362 g/mol. The van der Waals surface area contributed by atoms with Crippen LogP contribution in [0.4, 0.5) is 5.69 Å². The maximum atomic E-state index is 10.8. The van der Waals surface area contributed by atoms with Gasteiger partial charge in [0.15, 0.2) is 0 Å². The van der Waals surface area contributed by atoms with Crippen molar-refractivity contribution in [3.05, 3.63) is 24.3 Å². The van der Waals surface area contributed by atoms with Crippen molar-refractivity contribution in [2.75, 3.05) is 38.3 Å². The molecule has 1 saturated heterocycles. The highest BCUT2D eigenvalue weighted by atomic mass is 16.5. The molecule has 4 heteroatoms. The van der Waals surface area contributed by atoms with Crippen molar-refractivity contribution in [1.29, 1.82) is 0 Å². The van der Waals surface area contributed by atoms with Crippen LogP contribution in [0.3, 0.4) is 0 Å². The SMILES string of the molecule is CCCCC1(O)CCC2(CCN(c3ccc(OCCOC)cc3)C2)CC1. The first-order valence-electron chi connectivity index (χ1n) is 10.3. The van der Waals surface area contributed by atoms with Gasteiger partial charge in [-0.05, 0) is 68.2 Å². The molecule has 1 aliphatic carbocycles. The van der Waals surface area contributed by atoms with Crippen molar-refractivity contribution in [2.45, 2.75) is 63.9 Å². The van der Waals surface area contributed by atoms with Crippen LogP contribution in [0.25, 0.3) is 0 Å². The summed E-state index contributed by atoms with van der Waals surface area (Å²) in [7, 11) is 1.69. The van der Waals surface area contributed by atoms with Gasteiger partial charge in [-0.3, -0.25) is 0 Å². The van der Waals surface area contributed by atoms with Crippen molar-refractivity contribution in [1.82, 2.24) is 0 Å². The summed E-state index contributed by atoms with van der Waals surface area (Å²) in [6.45, 7) is 5.65. The summed E-state index contributed by atoms with van der Waals surface area (Å²) in [5.41, 5.74) is 1.30. The maximum Gasteiger partial charge on any atom is 0.119 e. The maximum absolute atomic E-state index is 10.8. The minimum absolute atomic E-state index is 0.393. The first-order chi connectivity index (χ1) is 12.6. The van der Waals surface area contributed by atoms with E-state index in [4.69, 9.17) is 9.47 Å². The fraction of sp³-hybridized carbons (Fsp3) is 0.727. The van der Waals surface area contributed by atoms with Crippen LogP contribution in [0.5, 0.6) is 5.75 Å². The summed E-state index contributed by atoms with van der Waals surface area (Å²) >= 11 is 0. The Hall–Kier alpha value is -1.26. The third-order valence-electron chi connectivity index (χ3n) is 6.43. The van der Waals surface area contributed by atoms with Crippen molar-refractivity contribution >= 4 is 5.69 Å². The molecule has 1 heterocycles. The van der Waals surface area contributed by atoms with Crippen LogP contribution in [-0.4, -0.2) is 44.1 Å². The summed E-state index contributed by atoms with van der Waals surface area (Å²) in [6, 6.07) is 8.45. The first kappa shape index (κ1) is 19.5. The quantitative estimate of drug-likeness (QED) is 0.697. The van der Waals surface area contributed by atoms with E-state index in [2.05, 4.69) is 36.1 Å². The number of ether oxygens (including phenoxy) is 2. The molecule has 3 rings (SSSR count). The van der Waals surface area contributed by atoms with E-state index in [0.717, 1.165) is 44.5 Å². The molecule has 0 atom stereocenters. The predicted molar refractivity (Wildman–Crippen MR) is 106 cm³/mol. The van der Waals surface area contributed by atoms with Gasteiger partial charge in [0.2, 0.25) is 0 Å². The number of aliphatic hydroxyl groups is 1. The van der Waals surface area contributed by atoms with Gasteiger partial charge in [0.25, 0.3) is 0 Å². The van der Waals surface area contributed by atoms with Crippen molar-refractivity contribution in [3.63, 3.8) is 0 Å². The first-order valence-corrected chi connectivity index (χ1v) is 10.3. The van der Waals surface area contributed by atoms with E-state index in [1.807, 2.05) is 0 Å². The molecule has 1 aromatic carbocycles. The van der Waals surface area contributed by atoms with Crippen LogP contribution in [-0.2, 0) is 4.74 Å². The zero-order chi connectivity index (χ0) is 18.5. The second-order valence-corrected chi connectivity index (χ2v) is 8.33. The average Bonchev–Trinajstić information content (AvgIpc) is 3.08. The largest absolute Gasteiger partial charge is 0.491 e. The normalized spacial score (nSPS) is 28.7. The molecule has 2 aliphatic rings. The van der Waals surface area contributed by atoms with E-state index < -0.39 is 5.60 Å². The fourth-order valence-corrected chi connectivity index (χ4v) is 4.56. The summed E-state index contributed by atoms with van der Waals surface area (Å²) < 4.78 is 10.7. The van der Waals surface area contributed by atoms with Gasteiger partial charge in [0, 0.05) is 25.9 Å². The second kappa shape index (κ2) is 8.62. The Morgan fingerprint density at radius 3 is 2.42 bits per heavy atom. The molecular weight excluding hydrogens is 326 g/mol. The van der Waals surface area contributed by atoms with Gasteiger partial charge in [0.1, 0.15) is 12.4 Å². The van der Waals surface area contributed by atoms with Gasteiger partial charge in [-0.25, -0.2) is 0 Å². The zero-order valence-corrected chi connectivity index (χ0v) is 16.5. The highest BCUT2D eigenvalue weighted by molar-refractivity contribution is 5.50. The molecular formula is C22H35NO3. The lowest BCUT2D eigenvalue weighted by molar-refractivity contribution is -0.0366. The zero-order valence-electron chi connectivity index (χ0n) is 16.5. The van der Waals surface area contributed by atoms with Crippen LogP contribution in [0.1, 0.15) is 58.3 Å². The van der Waals surface area contributed by atoms with Crippen molar-refractivity contribution < 1.29 is 14.6 Å². The molecule has 4 nitrogen and oxygen atoms in total. The third-order valence-corrected chi connectivity index (χ3v) is 6.43. The Labute approximate surface area is 158 Å². The fourth-order valence-electron chi connectivity index (χ4n) is 4.56. The number of benzene rings is 1. The summed E-state index contributed by atoms with van der Waals surface area (Å²) in [4.78, 5) is 2.51. The summed E-state index contributed by atoms with van der Waals surface area (Å²) in [5, 5.41) is 10.8. The van der Waals surface area contributed by atoms with E-state index in [9.17, 15) is 5.11 Å². The summed E-state index contributed by atoms with van der Waals surface area (Å²) in [5.74, 6) is 0.901. The number of nitrogens with zero attached hydrogens (tertiary/aromatic N) is 1. The molecule has 1 spiro atoms. The molecule has 1 N–H and O–H groups in total. The number of hydrogen-bond donors (Lipinski definition) is 1. The lowest BCUT2D eigenvalue weighted by Crippen LogP contribution is -2.40. The monoisotopic (exact) mass is 361 g/mol. The van der Waals surface area contributed by atoms with Gasteiger partial charge < -0.3 is 19.5 Å². The molecule has 1 saturated carbocycles. The Balaban J connectivity index is 1.52. The Morgan fingerprint density at radius 2 is 1.77 bits per heavy atom. The molecule has 0 bridgehead atoms. The van der Waals surface area contributed by atoms with E-state index >= 15 is 0 Å². The van der Waals surface area contributed by atoms with Crippen LogP contribution in [0.15, 0.2) is 24.3 Å². The molecule has 0 amide bonds. The van der Waals surface area contributed by atoms with Crippen molar-refractivity contribution in [3.8, 4) is 5.75 Å². The predicted octanol–water partition coefficient (Wildman–Crippen LogP) is 4.40. The van der Waals surface area contributed by atoms with Crippen LogP contribution < -0.4 is 9.64 Å². The van der Waals surface area contributed by atoms with Gasteiger partial charge in [-0.1, -0.05) is 19.8 Å². The Kier molecular flexibility index (Phi) is 6.46. The van der Waals surface area contributed by atoms with Gasteiger partial charge >= 0.3 is 0 Å². The minimum Gasteiger partial charge on any atom is -0.491 e. The highest BCUT2D eigenvalue weighted by Crippen LogP contribution is 2.48. The second-order valence-electron chi connectivity index (χ2n) is 8.33. The molecule has 0 unspecified atom stereocenters. The van der Waals surface area contributed by atoms with Gasteiger partial charge in [-0.15, -0.1) is 0 Å². The molecule has 146 valence electrons. The van der Waals surface area contributed by atoms with E-state index in [1.165, 1.54) is 31.4 Å². The molecule has 26 heavy (non-hydrogen) atoms. The van der Waals surface area contributed by atoms with E-state index in [1.54, 1.807) is 7.11 Å². The molecule has 2 fully saturated rings. The third kappa shape index (κ3) is 4.72. The minimum atomic E-state index is -0.393. The van der Waals surface area contributed by atoms with Gasteiger partial charge in [-0.2, -0.15) is 0 Å². The number of anilines is 1. The lowest BCUT2D eigenvalue weighted by atomic mass is 9.67. The summed E-state index contributed by atoms with van der Waals surface area (Å²) in [6.07, 6.45) is 8.85. The van der Waals surface area contributed by atoms with Crippen LogP contribution in [0, 0.1) is 5.41 Å².